The topological polar surface area (TPSA) is 72.6 Å². The minimum Gasteiger partial charge on any atom is -0.355 e. The van der Waals surface area contributed by atoms with Crippen LogP contribution in [-0.4, -0.2) is 63.9 Å². The van der Waals surface area contributed by atoms with Crippen LogP contribution in [0, 0.1) is 18.3 Å². The summed E-state index contributed by atoms with van der Waals surface area (Å²) in [6.45, 7) is 13.9. The van der Waals surface area contributed by atoms with Gasteiger partial charge in [0.1, 0.15) is 21.8 Å². The van der Waals surface area contributed by atoms with Crippen molar-refractivity contribution in [1.29, 1.82) is 5.26 Å². The van der Waals surface area contributed by atoms with Crippen LogP contribution in [0.3, 0.4) is 0 Å². The van der Waals surface area contributed by atoms with Crippen LogP contribution < -0.4 is 10.5 Å². The van der Waals surface area contributed by atoms with E-state index in [2.05, 4.69) is 29.7 Å². The summed E-state index contributed by atoms with van der Waals surface area (Å²) in [6, 6.07) is 2.15. The first-order valence-corrected chi connectivity index (χ1v) is 17.0. The number of nitriles is 1. The SMILES string of the molecule is CCCCCCCCCCCCN1C(=O)/C(=C\c2c(C)c(C#N)c(=O)n(CCC)c2N2CCN(CC)CC2)SC1=S. The molecule has 0 unspecified atom stereocenters. The van der Waals surface area contributed by atoms with E-state index in [4.69, 9.17) is 12.2 Å². The second-order valence-corrected chi connectivity index (χ2v) is 12.9. The summed E-state index contributed by atoms with van der Waals surface area (Å²) in [6.07, 6.45) is 15.1. The van der Waals surface area contributed by atoms with Crippen molar-refractivity contribution in [1.82, 2.24) is 14.4 Å². The van der Waals surface area contributed by atoms with E-state index in [-0.39, 0.29) is 17.0 Å². The lowest BCUT2D eigenvalue weighted by molar-refractivity contribution is -0.122. The lowest BCUT2D eigenvalue weighted by Gasteiger charge is -2.37. The normalized spacial score (nSPS) is 17.2. The Morgan fingerprint density at radius 1 is 0.878 bits per heavy atom. The Hall–Kier alpha value is -2.15. The summed E-state index contributed by atoms with van der Waals surface area (Å²) in [5.74, 6) is 0.757. The lowest BCUT2D eigenvalue weighted by Crippen LogP contribution is -2.48. The van der Waals surface area contributed by atoms with Gasteiger partial charge in [0, 0.05) is 44.8 Å². The van der Waals surface area contributed by atoms with Gasteiger partial charge in [-0.2, -0.15) is 5.26 Å². The number of aromatic nitrogens is 1. The molecule has 0 N–H and O–H groups in total. The number of carbonyl (C=O) groups is 1. The Bertz CT molecular complexity index is 1180. The van der Waals surface area contributed by atoms with Gasteiger partial charge in [-0.05, 0) is 37.9 Å². The Morgan fingerprint density at radius 3 is 2.05 bits per heavy atom. The third-order valence-corrected chi connectivity index (χ3v) is 9.67. The maximum Gasteiger partial charge on any atom is 0.270 e. The highest BCUT2D eigenvalue weighted by molar-refractivity contribution is 8.26. The number of carbonyl (C=O) groups excluding carboxylic acids is 1. The number of rotatable bonds is 16. The summed E-state index contributed by atoms with van der Waals surface area (Å²) >= 11 is 6.97. The molecule has 0 aromatic carbocycles. The van der Waals surface area contributed by atoms with Crippen molar-refractivity contribution in [2.24, 2.45) is 0 Å². The number of thioether (sulfide) groups is 1. The van der Waals surface area contributed by atoms with E-state index in [0.717, 1.165) is 63.4 Å². The standard InChI is InChI=1S/C32H49N5O2S2/c1-5-8-9-10-11-12-13-14-15-16-18-37-31(39)28(41-32(37)40)23-26-25(4)27(24-33)30(38)36(17-6-2)29(26)35-21-19-34(7-3)20-22-35/h23H,5-22H2,1-4H3/b28-23+. The molecule has 3 rings (SSSR count). The van der Waals surface area contributed by atoms with Crippen LogP contribution in [0.2, 0.25) is 0 Å². The van der Waals surface area contributed by atoms with E-state index in [1.54, 1.807) is 9.47 Å². The molecule has 0 radical (unpaired) electrons. The molecule has 1 aromatic heterocycles. The molecule has 226 valence electrons. The lowest BCUT2D eigenvalue weighted by atomic mass is 10.0. The van der Waals surface area contributed by atoms with E-state index in [1.807, 2.05) is 19.9 Å². The maximum atomic E-state index is 13.5. The summed E-state index contributed by atoms with van der Waals surface area (Å²) < 4.78 is 2.35. The van der Waals surface area contributed by atoms with Crippen LogP contribution in [0.1, 0.15) is 108 Å². The number of amides is 1. The predicted octanol–water partition coefficient (Wildman–Crippen LogP) is 6.70. The zero-order valence-corrected chi connectivity index (χ0v) is 27.3. The molecule has 0 spiro atoms. The van der Waals surface area contributed by atoms with Crippen LogP contribution in [-0.2, 0) is 11.3 Å². The smallest absolute Gasteiger partial charge is 0.270 e. The number of unbranched alkanes of at least 4 members (excludes halogenated alkanes) is 9. The molecule has 0 aliphatic carbocycles. The molecule has 7 nitrogen and oxygen atoms in total. The van der Waals surface area contributed by atoms with E-state index in [1.165, 1.54) is 63.1 Å². The highest BCUT2D eigenvalue weighted by Crippen LogP contribution is 2.36. The molecule has 2 aliphatic rings. The van der Waals surface area contributed by atoms with Gasteiger partial charge < -0.3 is 9.80 Å². The maximum absolute atomic E-state index is 13.5. The Kier molecular flexibility index (Phi) is 13.9. The third kappa shape index (κ3) is 8.68. The molecule has 2 aliphatic heterocycles. The molecule has 41 heavy (non-hydrogen) atoms. The Labute approximate surface area is 256 Å². The van der Waals surface area contributed by atoms with E-state index < -0.39 is 0 Å². The minimum absolute atomic E-state index is 0.0659. The van der Waals surface area contributed by atoms with E-state index >= 15 is 0 Å². The summed E-state index contributed by atoms with van der Waals surface area (Å²) in [4.78, 5) is 33.9. The minimum atomic E-state index is -0.245. The monoisotopic (exact) mass is 599 g/mol. The second-order valence-electron chi connectivity index (χ2n) is 11.2. The van der Waals surface area contributed by atoms with Crippen molar-refractivity contribution in [3.63, 3.8) is 0 Å². The number of likely N-dealkylation sites (N-methyl/N-ethyl adjacent to an activating group) is 1. The van der Waals surface area contributed by atoms with Gasteiger partial charge in [-0.15, -0.1) is 0 Å². The molecule has 0 atom stereocenters. The molecule has 1 aromatic rings. The highest BCUT2D eigenvalue weighted by Gasteiger charge is 2.33. The number of anilines is 1. The van der Waals surface area contributed by atoms with Crippen molar-refractivity contribution in [3.8, 4) is 6.07 Å². The van der Waals surface area contributed by atoms with Crippen LogP contribution >= 0.6 is 24.0 Å². The quantitative estimate of drug-likeness (QED) is 0.119. The number of piperazine rings is 1. The average Bonchev–Trinajstić information content (AvgIpc) is 3.24. The third-order valence-electron chi connectivity index (χ3n) is 8.30. The van der Waals surface area contributed by atoms with Gasteiger partial charge in [0.25, 0.3) is 11.5 Å². The molecule has 0 saturated carbocycles. The van der Waals surface area contributed by atoms with Gasteiger partial charge in [-0.3, -0.25) is 19.1 Å². The number of hydrogen-bond donors (Lipinski definition) is 0. The van der Waals surface area contributed by atoms with Gasteiger partial charge in [-0.1, -0.05) is 103 Å². The summed E-state index contributed by atoms with van der Waals surface area (Å²) in [5.41, 5.74) is 1.34. The van der Waals surface area contributed by atoms with Gasteiger partial charge in [0.05, 0.1) is 4.91 Å². The number of thiocarbonyl (C=S) groups is 1. The van der Waals surface area contributed by atoms with Crippen molar-refractivity contribution >= 4 is 46.1 Å². The van der Waals surface area contributed by atoms with Gasteiger partial charge in [-0.25, -0.2) is 0 Å². The van der Waals surface area contributed by atoms with Crippen LogP contribution in [0.5, 0.6) is 0 Å². The summed E-state index contributed by atoms with van der Waals surface area (Å²) in [7, 11) is 0. The first kappa shape index (κ1) is 33.4. The number of hydrogen-bond acceptors (Lipinski definition) is 7. The first-order chi connectivity index (χ1) is 19.9. The van der Waals surface area contributed by atoms with Crippen LogP contribution in [0.4, 0.5) is 5.82 Å². The summed E-state index contributed by atoms with van der Waals surface area (Å²) in [5, 5.41) is 9.90. The highest BCUT2D eigenvalue weighted by atomic mass is 32.2. The van der Waals surface area contributed by atoms with Crippen molar-refractivity contribution in [3.05, 3.63) is 31.9 Å². The van der Waals surface area contributed by atoms with Gasteiger partial charge in [0.2, 0.25) is 0 Å². The fourth-order valence-electron chi connectivity index (χ4n) is 5.77. The molecule has 0 bridgehead atoms. The van der Waals surface area contributed by atoms with Gasteiger partial charge in [0.15, 0.2) is 0 Å². The number of pyridine rings is 1. The van der Waals surface area contributed by atoms with E-state index in [0.29, 0.717) is 27.9 Å². The van der Waals surface area contributed by atoms with Crippen LogP contribution in [0.25, 0.3) is 6.08 Å². The molecular weight excluding hydrogens is 551 g/mol. The Balaban J connectivity index is 1.76. The molecule has 9 heteroatoms. The fourth-order valence-corrected chi connectivity index (χ4v) is 7.06. The molecule has 3 heterocycles. The first-order valence-electron chi connectivity index (χ1n) is 15.8. The van der Waals surface area contributed by atoms with Crippen LogP contribution in [0.15, 0.2) is 9.70 Å². The van der Waals surface area contributed by atoms with Crippen molar-refractivity contribution < 1.29 is 4.79 Å². The number of nitrogens with zero attached hydrogens (tertiary/aromatic N) is 5. The molecule has 2 saturated heterocycles. The average molecular weight is 600 g/mol. The predicted molar refractivity (Wildman–Crippen MR) is 176 cm³/mol. The van der Waals surface area contributed by atoms with Gasteiger partial charge >= 0.3 is 0 Å². The fraction of sp³-hybridized carbons (Fsp3) is 0.688. The van der Waals surface area contributed by atoms with Crippen molar-refractivity contribution in [2.45, 2.75) is 105 Å². The second kappa shape index (κ2) is 17.1. The zero-order chi connectivity index (χ0) is 29.8. The molecular formula is C32H49N5O2S2. The van der Waals surface area contributed by atoms with E-state index in [9.17, 15) is 14.9 Å². The van der Waals surface area contributed by atoms with Crippen molar-refractivity contribution in [2.75, 3.05) is 44.2 Å². The largest absolute Gasteiger partial charge is 0.355 e. The molecule has 2 fully saturated rings. The Morgan fingerprint density at radius 2 is 1.49 bits per heavy atom. The molecule has 1 amide bonds. The zero-order valence-electron chi connectivity index (χ0n) is 25.7.